The van der Waals surface area contributed by atoms with Crippen molar-refractivity contribution in [1.82, 2.24) is 0 Å². The zero-order valence-electron chi connectivity index (χ0n) is 11.7. The van der Waals surface area contributed by atoms with Crippen LogP contribution in [0.5, 0.6) is 11.5 Å². The number of hydrogen-bond donors (Lipinski definition) is 0. The van der Waals surface area contributed by atoms with E-state index in [1.165, 1.54) is 11.8 Å². The molecule has 4 nitrogen and oxygen atoms in total. The Morgan fingerprint density at radius 2 is 1.59 bits per heavy atom. The number of ether oxygens (including phenoxy) is 2. The molecule has 0 saturated carbocycles. The molecule has 0 unspecified atom stereocenters. The fourth-order valence-corrected chi connectivity index (χ4v) is 3.13. The number of nitriles is 2. The van der Waals surface area contributed by atoms with Gasteiger partial charge in [-0.15, -0.1) is 0 Å². The second kappa shape index (κ2) is 6.43. The number of nitrogens with zero attached hydrogens (tertiary/aromatic N) is 2. The van der Waals surface area contributed by atoms with E-state index in [0.29, 0.717) is 35.0 Å². The molecule has 0 aliphatic carbocycles. The van der Waals surface area contributed by atoms with Gasteiger partial charge in [-0.2, -0.15) is 10.5 Å². The Morgan fingerprint density at radius 3 is 2.27 bits per heavy atom. The lowest BCUT2D eigenvalue weighted by Gasteiger charge is -2.10. The van der Waals surface area contributed by atoms with Crippen molar-refractivity contribution in [3.8, 4) is 23.6 Å². The van der Waals surface area contributed by atoms with E-state index in [1.54, 1.807) is 18.2 Å². The summed E-state index contributed by atoms with van der Waals surface area (Å²) in [5.74, 6) is 1.44. The van der Waals surface area contributed by atoms with Gasteiger partial charge in [0.2, 0.25) is 0 Å². The molecule has 1 aliphatic heterocycles. The summed E-state index contributed by atoms with van der Waals surface area (Å²) in [5, 5.41) is 18.5. The van der Waals surface area contributed by atoms with Crippen LogP contribution in [0.3, 0.4) is 0 Å². The van der Waals surface area contributed by atoms with Crippen LogP contribution in [0.4, 0.5) is 0 Å². The van der Waals surface area contributed by atoms with Crippen molar-refractivity contribution in [2.24, 2.45) is 0 Å². The molecule has 0 spiro atoms. The van der Waals surface area contributed by atoms with E-state index in [2.05, 4.69) is 12.1 Å². The summed E-state index contributed by atoms with van der Waals surface area (Å²) in [4.78, 5) is 1.57. The third-order valence-electron chi connectivity index (χ3n) is 3.19. The van der Waals surface area contributed by atoms with Crippen LogP contribution in [0.25, 0.3) is 0 Å². The average molecular weight is 308 g/mol. The van der Waals surface area contributed by atoms with E-state index < -0.39 is 0 Å². The summed E-state index contributed by atoms with van der Waals surface area (Å²) in [5.41, 5.74) is 0.993. The van der Waals surface area contributed by atoms with Crippen molar-refractivity contribution >= 4 is 11.8 Å². The highest BCUT2D eigenvalue weighted by atomic mass is 32.2. The van der Waals surface area contributed by atoms with Gasteiger partial charge in [0.25, 0.3) is 0 Å². The Bertz CT molecular complexity index is 758. The van der Waals surface area contributed by atoms with Crippen molar-refractivity contribution < 1.29 is 9.47 Å². The van der Waals surface area contributed by atoms with Gasteiger partial charge < -0.3 is 9.47 Å². The monoisotopic (exact) mass is 308 g/mol. The van der Waals surface area contributed by atoms with E-state index in [4.69, 9.17) is 9.47 Å². The Labute approximate surface area is 132 Å². The van der Waals surface area contributed by atoms with E-state index in [0.717, 1.165) is 17.1 Å². The molecule has 108 valence electrons. The van der Waals surface area contributed by atoms with Gasteiger partial charge in [0.1, 0.15) is 12.1 Å². The van der Waals surface area contributed by atoms with Crippen LogP contribution in [0.2, 0.25) is 0 Å². The van der Waals surface area contributed by atoms with E-state index in [1.807, 2.05) is 18.2 Å². The molecule has 0 N–H and O–H groups in total. The van der Waals surface area contributed by atoms with Crippen molar-refractivity contribution in [3.63, 3.8) is 0 Å². The molecule has 5 heteroatoms. The summed E-state index contributed by atoms with van der Waals surface area (Å²) in [6.07, 6.45) is 0.854. The summed E-state index contributed by atoms with van der Waals surface area (Å²) < 4.78 is 11.3. The summed E-state index contributed by atoms with van der Waals surface area (Å²) in [6.45, 7) is 1.27. The van der Waals surface area contributed by atoms with Gasteiger partial charge in [0.05, 0.1) is 24.3 Å². The smallest absolute Gasteiger partial charge is 0.162 e. The van der Waals surface area contributed by atoms with Gasteiger partial charge in [0.15, 0.2) is 11.5 Å². The van der Waals surface area contributed by atoms with Crippen LogP contribution in [0.1, 0.15) is 17.5 Å². The third-order valence-corrected chi connectivity index (χ3v) is 4.33. The molecule has 0 radical (unpaired) electrons. The Kier molecular flexibility index (Phi) is 4.18. The molecule has 2 aromatic rings. The first-order valence-corrected chi connectivity index (χ1v) is 7.64. The highest BCUT2D eigenvalue weighted by Crippen LogP contribution is 2.38. The van der Waals surface area contributed by atoms with Gasteiger partial charge >= 0.3 is 0 Å². The molecule has 2 aromatic carbocycles. The minimum atomic E-state index is 0.496. The molecular weight excluding hydrogens is 296 g/mol. The Balaban J connectivity index is 1.96. The molecule has 0 amide bonds. The number of hydrogen-bond acceptors (Lipinski definition) is 5. The third kappa shape index (κ3) is 2.86. The zero-order valence-corrected chi connectivity index (χ0v) is 12.5. The predicted molar refractivity (Wildman–Crippen MR) is 82.0 cm³/mol. The van der Waals surface area contributed by atoms with Crippen LogP contribution >= 0.6 is 11.8 Å². The van der Waals surface area contributed by atoms with Crippen LogP contribution < -0.4 is 9.47 Å². The van der Waals surface area contributed by atoms with Crippen LogP contribution in [-0.2, 0) is 0 Å². The molecular formula is C17H12N2O2S. The van der Waals surface area contributed by atoms with E-state index >= 15 is 0 Å². The number of fused-ring (bicyclic) bond motifs is 1. The number of rotatable bonds is 2. The van der Waals surface area contributed by atoms with Gasteiger partial charge in [0, 0.05) is 16.2 Å². The maximum absolute atomic E-state index is 9.23. The van der Waals surface area contributed by atoms with Crippen LogP contribution in [-0.4, -0.2) is 13.2 Å². The minimum absolute atomic E-state index is 0.496. The Hall–Kier alpha value is -2.63. The maximum atomic E-state index is 9.23. The first-order chi connectivity index (χ1) is 10.8. The van der Waals surface area contributed by atoms with Crippen molar-refractivity contribution in [3.05, 3.63) is 47.5 Å². The summed E-state index contributed by atoms with van der Waals surface area (Å²) in [6, 6.07) is 15.1. The first-order valence-electron chi connectivity index (χ1n) is 6.82. The molecule has 1 heterocycles. The average Bonchev–Trinajstić information content (AvgIpc) is 2.80. The highest BCUT2D eigenvalue weighted by molar-refractivity contribution is 7.99. The van der Waals surface area contributed by atoms with Crippen molar-refractivity contribution in [2.75, 3.05) is 13.2 Å². The SMILES string of the molecule is N#Cc1cccc(C#N)c1Sc1ccc2c(c1)OCCCO2. The molecule has 0 bridgehead atoms. The van der Waals surface area contributed by atoms with Gasteiger partial charge in [-0.1, -0.05) is 17.8 Å². The molecule has 0 atom stereocenters. The van der Waals surface area contributed by atoms with Crippen molar-refractivity contribution in [2.45, 2.75) is 16.2 Å². The fourth-order valence-electron chi connectivity index (χ4n) is 2.15. The fraction of sp³-hybridized carbons (Fsp3) is 0.176. The second-order valence-corrected chi connectivity index (χ2v) is 5.75. The van der Waals surface area contributed by atoms with Crippen molar-refractivity contribution in [1.29, 1.82) is 10.5 Å². The highest BCUT2D eigenvalue weighted by Gasteiger charge is 2.14. The lowest BCUT2D eigenvalue weighted by Crippen LogP contribution is -1.97. The molecule has 3 rings (SSSR count). The standard InChI is InChI=1S/C17H12N2O2S/c18-10-12-3-1-4-13(11-19)17(12)22-14-5-6-15-16(9-14)21-8-2-7-20-15/h1,3-6,9H,2,7-8H2. The predicted octanol–water partition coefficient (Wildman–Crippen LogP) is 3.74. The van der Waals surface area contributed by atoms with Gasteiger partial charge in [-0.3, -0.25) is 0 Å². The minimum Gasteiger partial charge on any atom is -0.490 e. The summed E-state index contributed by atoms with van der Waals surface area (Å²) in [7, 11) is 0. The Morgan fingerprint density at radius 1 is 0.909 bits per heavy atom. The molecule has 0 aromatic heterocycles. The van der Waals surface area contributed by atoms with Crippen LogP contribution in [0.15, 0.2) is 46.2 Å². The number of benzene rings is 2. The normalized spacial score (nSPS) is 12.8. The lowest BCUT2D eigenvalue weighted by molar-refractivity contribution is 0.297. The quantitative estimate of drug-likeness (QED) is 0.845. The molecule has 1 aliphatic rings. The zero-order chi connectivity index (χ0) is 15.4. The topological polar surface area (TPSA) is 66.0 Å². The van der Waals surface area contributed by atoms with Crippen LogP contribution in [0, 0.1) is 22.7 Å². The largest absolute Gasteiger partial charge is 0.490 e. The van der Waals surface area contributed by atoms with Gasteiger partial charge in [-0.05, 0) is 30.3 Å². The van der Waals surface area contributed by atoms with Gasteiger partial charge in [-0.25, -0.2) is 0 Å². The molecule has 22 heavy (non-hydrogen) atoms. The second-order valence-electron chi connectivity index (χ2n) is 4.67. The summed E-state index contributed by atoms with van der Waals surface area (Å²) >= 11 is 1.39. The lowest BCUT2D eigenvalue weighted by atomic mass is 10.1. The van der Waals surface area contributed by atoms with E-state index in [9.17, 15) is 10.5 Å². The molecule has 0 saturated heterocycles. The maximum Gasteiger partial charge on any atom is 0.162 e. The first kappa shape index (κ1) is 14.3. The van der Waals surface area contributed by atoms with E-state index in [-0.39, 0.29) is 0 Å². The molecule has 0 fully saturated rings.